The van der Waals surface area contributed by atoms with E-state index in [0.717, 1.165) is 37.7 Å². The van der Waals surface area contributed by atoms with Gasteiger partial charge in [-0.1, -0.05) is 17.7 Å². The molecule has 1 aliphatic carbocycles. The summed E-state index contributed by atoms with van der Waals surface area (Å²) in [7, 11) is 1.82. The van der Waals surface area contributed by atoms with Gasteiger partial charge in [0.2, 0.25) is 0 Å². The SMILES string of the molecule is CN=C(NCCCCOc1ccc(C)cc1)NC1CC1. The molecule has 0 bridgehead atoms. The zero-order valence-electron chi connectivity index (χ0n) is 12.5. The Labute approximate surface area is 121 Å². The first-order valence-corrected chi connectivity index (χ1v) is 7.44. The maximum absolute atomic E-state index is 5.70. The van der Waals surface area contributed by atoms with Crippen molar-refractivity contribution in [1.29, 1.82) is 0 Å². The van der Waals surface area contributed by atoms with Crippen LogP contribution in [0.25, 0.3) is 0 Å². The van der Waals surface area contributed by atoms with Crippen LogP contribution in [0.4, 0.5) is 0 Å². The molecule has 0 saturated heterocycles. The van der Waals surface area contributed by atoms with Crippen molar-refractivity contribution < 1.29 is 4.74 Å². The summed E-state index contributed by atoms with van der Waals surface area (Å²) in [5.74, 6) is 1.88. The van der Waals surface area contributed by atoms with Gasteiger partial charge in [0, 0.05) is 19.6 Å². The van der Waals surface area contributed by atoms with E-state index in [9.17, 15) is 0 Å². The summed E-state index contributed by atoms with van der Waals surface area (Å²) in [5.41, 5.74) is 1.26. The molecule has 2 rings (SSSR count). The summed E-state index contributed by atoms with van der Waals surface area (Å²) in [6, 6.07) is 8.84. The number of hydrogen-bond donors (Lipinski definition) is 2. The molecule has 0 aliphatic heterocycles. The number of guanidine groups is 1. The first-order chi connectivity index (χ1) is 9.78. The Balaban J connectivity index is 1.51. The molecule has 1 aliphatic rings. The normalized spacial score (nSPS) is 15.0. The molecule has 1 aromatic rings. The lowest BCUT2D eigenvalue weighted by molar-refractivity contribution is 0.307. The van der Waals surface area contributed by atoms with E-state index in [4.69, 9.17) is 4.74 Å². The van der Waals surface area contributed by atoms with Gasteiger partial charge in [0.25, 0.3) is 0 Å². The monoisotopic (exact) mass is 275 g/mol. The molecule has 2 N–H and O–H groups in total. The van der Waals surface area contributed by atoms with E-state index in [2.05, 4.69) is 34.7 Å². The van der Waals surface area contributed by atoms with Crippen LogP contribution < -0.4 is 15.4 Å². The minimum atomic E-state index is 0.645. The Kier molecular flexibility index (Phi) is 5.71. The van der Waals surface area contributed by atoms with Crippen LogP contribution in [0.3, 0.4) is 0 Å². The second-order valence-corrected chi connectivity index (χ2v) is 5.29. The van der Waals surface area contributed by atoms with Gasteiger partial charge >= 0.3 is 0 Å². The highest BCUT2D eigenvalue weighted by Gasteiger charge is 2.21. The standard InChI is InChI=1S/C16H25N3O/c1-13-5-9-15(10-6-13)20-12-4-3-11-18-16(17-2)19-14-7-8-14/h5-6,9-10,14H,3-4,7-8,11-12H2,1-2H3,(H2,17,18,19). The number of ether oxygens (including phenoxy) is 1. The van der Waals surface area contributed by atoms with Crippen LogP contribution in [0.5, 0.6) is 5.75 Å². The molecule has 0 aromatic heterocycles. The fourth-order valence-corrected chi connectivity index (χ4v) is 1.87. The van der Waals surface area contributed by atoms with Gasteiger partial charge in [-0.3, -0.25) is 4.99 Å². The van der Waals surface area contributed by atoms with Crippen molar-refractivity contribution in [2.75, 3.05) is 20.2 Å². The molecule has 1 saturated carbocycles. The van der Waals surface area contributed by atoms with Crippen molar-refractivity contribution in [2.24, 2.45) is 4.99 Å². The third-order valence-electron chi connectivity index (χ3n) is 3.30. The summed E-state index contributed by atoms with van der Waals surface area (Å²) in [4.78, 5) is 4.20. The van der Waals surface area contributed by atoms with Crippen LogP contribution in [0.2, 0.25) is 0 Å². The van der Waals surface area contributed by atoms with E-state index in [1.807, 2.05) is 19.2 Å². The Morgan fingerprint density at radius 1 is 1.25 bits per heavy atom. The van der Waals surface area contributed by atoms with Gasteiger partial charge in [0.15, 0.2) is 5.96 Å². The molecule has 0 atom stereocenters. The zero-order valence-corrected chi connectivity index (χ0v) is 12.5. The van der Waals surface area contributed by atoms with Crippen LogP contribution in [-0.4, -0.2) is 32.2 Å². The molecule has 0 spiro atoms. The number of aliphatic imine (C=N–C) groups is 1. The maximum Gasteiger partial charge on any atom is 0.191 e. The number of hydrogen-bond acceptors (Lipinski definition) is 2. The molecular weight excluding hydrogens is 250 g/mol. The van der Waals surface area contributed by atoms with E-state index < -0.39 is 0 Å². The van der Waals surface area contributed by atoms with Gasteiger partial charge in [-0.25, -0.2) is 0 Å². The molecule has 0 amide bonds. The van der Waals surface area contributed by atoms with Crippen LogP contribution in [0.1, 0.15) is 31.2 Å². The third kappa shape index (κ3) is 5.51. The van der Waals surface area contributed by atoms with Crippen LogP contribution >= 0.6 is 0 Å². The second kappa shape index (κ2) is 7.78. The Bertz CT molecular complexity index is 424. The topological polar surface area (TPSA) is 45.7 Å². The first kappa shape index (κ1) is 14.7. The van der Waals surface area contributed by atoms with E-state index >= 15 is 0 Å². The van der Waals surface area contributed by atoms with Gasteiger partial charge in [-0.15, -0.1) is 0 Å². The van der Waals surface area contributed by atoms with Crippen LogP contribution in [0.15, 0.2) is 29.3 Å². The summed E-state index contributed by atoms with van der Waals surface area (Å²) in [6.07, 6.45) is 4.66. The fraction of sp³-hybridized carbons (Fsp3) is 0.562. The lowest BCUT2D eigenvalue weighted by Crippen LogP contribution is -2.38. The molecule has 110 valence electrons. The number of benzene rings is 1. The van der Waals surface area contributed by atoms with Crippen molar-refractivity contribution in [3.8, 4) is 5.75 Å². The Morgan fingerprint density at radius 3 is 2.65 bits per heavy atom. The quantitative estimate of drug-likeness (QED) is 0.456. The summed E-state index contributed by atoms with van der Waals surface area (Å²) in [5, 5.41) is 6.70. The lowest BCUT2D eigenvalue weighted by atomic mass is 10.2. The van der Waals surface area contributed by atoms with E-state index in [-0.39, 0.29) is 0 Å². The van der Waals surface area contributed by atoms with Gasteiger partial charge in [0.05, 0.1) is 6.61 Å². The third-order valence-corrected chi connectivity index (χ3v) is 3.30. The Morgan fingerprint density at radius 2 is 2.00 bits per heavy atom. The van der Waals surface area contributed by atoms with Gasteiger partial charge in [-0.05, 0) is 44.7 Å². The van der Waals surface area contributed by atoms with Gasteiger partial charge in [-0.2, -0.15) is 0 Å². The molecule has 0 radical (unpaired) electrons. The highest BCUT2D eigenvalue weighted by Crippen LogP contribution is 2.18. The number of nitrogens with one attached hydrogen (secondary N) is 2. The average molecular weight is 275 g/mol. The highest BCUT2D eigenvalue weighted by atomic mass is 16.5. The molecule has 20 heavy (non-hydrogen) atoms. The van der Waals surface area contributed by atoms with Crippen molar-refractivity contribution >= 4 is 5.96 Å². The van der Waals surface area contributed by atoms with Crippen molar-refractivity contribution in [1.82, 2.24) is 10.6 Å². The van der Waals surface area contributed by atoms with E-state index in [1.54, 1.807) is 0 Å². The van der Waals surface area contributed by atoms with Crippen molar-refractivity contribution in [3.63, 3.8) is 0 Å². The molecule has 1 fully saturated rings. The Hall–Kier alpha value is -1.71. The predicted octanol–water partition coefficient (Wildman–Crippen LogP) is 2.48. The second-order valence-electron chi connectivity index (χ2n) is 5.29. The fourth-order valence-electron chi connectivity index (χ4n) is 1.87. The number of aryl methyl sites for hydroxylation is 1. The smallest absolute Gasteiger partial charge is 0.191 e. The summed E-state index contributed by atoms with van der Waals surface area (Å²) >= 11 is 0. The summed E-state index contributed by atoms with van der Waals surface area (Å²) in [6.45, 7) is 3.78. The number of nitrogens with zero attached hydrogens (tertiary/aromatic N) is 1. The van der Waals surface area contributed by atoms with Crippen LogP contribution in [-0.2, 0) is 0 Å². The molecule has 0 heterocycles. The number of unbranched alkanes of at least 4 members (excludes halogenated alkanes) is 1. The van der Waals surface area contributed by atoms with Gasteiger partial charge in [0.1, 0.15) is 5.75 Å². The zero-order chi connectivity index (χ0) is 14.2. The largest absolute Gasteiger partial charge is 0.494 e. The van der Waals surface area contributed by atoms with E-state index in [1.165, 1.54) is 18.4 Å². The molecule has 0 unspecified atom stereocenters. The van der Waals surface area contributed by atoms with Crippen molar-refractivity contribution in [2.45, 2.75) is 38.6 Å². The van der Waals surface area contributed by atoms with Crippen LogP contribution in [0, 0.1) is 6.92 Å². The average Bonchev–Trinajstić information content (AvgIpc) is 3.27. The van der Waals surface area contributed by atoms with Gasteiger partial charge < -0.3 is 15.4 Å². The lowest BCUT2D eigenvalue weighted by Gasteiger charge is -2.11. The minimum absolute atomic E-state index is 0.645. The maximum atomic E-state index is 5.70. The van der Waals surface area contributed by atoms with E-state index in [0.29, 0.717) is 6.04 Å². The predicted molar refractivity (Wildman–Crippen MR) is 83.4 cm³/mol. The molecule has 4 nitrogen and oxygen atoms in total. The molecule has 4 heteroatoms. The molecule has 1 aromatic carbocycles. The number of rotatable bonds is 7. The highest BCUT2D eigenvalue weighted by molar-refractivity contribution is 5.80. The minimum Gasteiger partial charge on any atom is -0.494 e. The van der Waals surface area contributed by atoms with Crippen molar-refractivity contribution in [3.05, 3.63) is 29.8 Å². The summed E-state index contributed by atoms with van der Waals surface area (Å²) < 4.78 is 5.70. The molecular formula is C16H25N3O. The first-order valence-electron chi connectivity index (χ1n) is 7.44.